The molecule has 27 heavy (non-hydrogen) atoms. The summed E-state index contributed by atoms with van der Waals surface area (Å²) in [5, 5.41) is 22.0. The SMILES string of the molecule is O=C(Nc1nnc(C2CC2)s1)N1C[C@H](O)C[C@@H]1c1ccc(C(F)(F)F)cc1. The molecule has 10 heteroatoms. The zero-order valence-corrected chi connectivity index (χ0v) is 14.9. The van der Waals surface area contributed by atoms with Crippen molar-refractivity contribution in [1.82, 2.24) is 15.1 Å². The molecule has 0 bridgehead atoms. The van der Waals surface area contributed by atoms with E-state index < -0.39 is 29.9 Å². The van der Waals surface area contributed by atoms with Crippen molar-refractivity contribution in [3.63, 3.8) is 0 Å². The Morgan fingerprint density at radius 2 is 1.93 bits per heavy atom. The van der Waals surface area contributed by atoms with Gasteiger partial charge in [-0.1, -0.05) is 23.5 Å². The summed E-state index contributed by atoms with van der Waals surface area (Å²) in [6, 6.07) is 3.73. The van der Waals surface area contributed by atoms with E-state index in [9.17, 15) is 23.1 Å². The van der Waals surface area contributed by atoms with Crippen LogP contribution in [0.4, 0.5) is 23.1 Å². The van der Waals surface area contributed by atoms with Gasteiger partial charge in [0, 0.05) is 12.5 Å². The molecule has 0 spiro atoms. The van der Waals surface area contributed by atoms with Crippen LogP contribution in [0.15, 0.2) is 24.3 Å². The van der Waals surface area contributed by atoms with Crippen LogP contribution in [0.5, 0.6) is 0 Å². The van der Waals surface area contributed by atoms with Gasteiger partial charge in [-0.3, -0.25) is 5.32 Å². The number of rotatable bonds is 3. The summed E-state index contributed by atoms with van der Waals surface area (Å²) in [4.78, 5) is 14.0. The fraction of sp³-hybridized carbons (Fsp3) is 0.471. The van der Waals surface area contributed by atoms with Crippen LogP contribution in [-0.4, -0.2) is 38.9 Å². The van der Waals surface area contributed by atoms with Gasteiger partial charge in [0.15, 0.2) is 0 Å². The number of aliphatic hydroxyl groups excluding tert-OH is 1. The van der Waals surface area contributed by atoms with E-state index in [1.807, 2.05) is 0 Å². The summed E-state index contributed by atoms with van der Waals surface area (Å²) >= 11 is 1.32. The molecule has 0 radical (unpaired) electrons. The molecule has 1 aromatic heterocycles. The molecule has 4 rings (SSSR count). The number of hydrogen-bond acceptors (Lipinski definition) is 5. The van der Waals surface area contributed by atoms with Crippen molar-refractivity contribution in [1.29, 1.82) is 0 Å². The summed E-state index contributed by atoms with van der Waals surface area (Å²) < 4.78 is 38.2. The standard InChI is InChI=1S/C17H17F3N4O2S/c18-17(19,20)11-5-3-9(4-6-11)13-7-12(25)8-24(13)16(26)21-15-23-22-14(27-15)10-1-2-10/h3-6,10,12-13,25H,1-2,7-8H2,(H,21,23,26)/t12-,13-/m1/s1. The van der Waals surface area contributed by atoms with E-state index in [1.54, 1.807) is 0 Å². The predicted molar refractivity (Wildman–Crippen MR) is 92.4 cm³/mol. The smallest absolute Gasteiger partial charge is 0.391 e. The van der Waals surface area contributed by atoms with Crippen LogP contribution in [0, 0.1) is 0 Å². The highest BCUT2D eigenvalue weighted by atomic mass is 32.1. The zero-order valence-electron chi connectivity index (χ0n) is 14.1. The second kappa shape index (κ2) is 6.75. The number of aromatic nitrogens is 2. The molecule has 2 amide bonds. The Morgan fingerprint density at radius 3 is 2.56 bits per heavy atom. The minimum atomic E-state index is -4.41. The number of halogens is 3. The molecule has 1 aromatic carbocycles. The first-order valence-corrected chi connectivity index (χ1v) is 9.39. The van der Waals surface area contributed by atoms with Gasteiger partial charge in [0.25, 0.3) is 0 Å². The molecule has 2 aromatic rings. The zero-order chi connectivity index (χ0) is 19.2. The highest BCUT2D eigenvalue weighted by Gasteiger charge is 2.37. The number of likely N-dealkylation sites (tertiary alicyclic amines) is 1. The molecule has 1 saturated carbocycles. The maximum atomic E-state index is 12.7. The van der Waals surface area contributed by atoms with E-state index >= 15 is 0 Å². The molecule has 2 atom stereocenters. The molecule has 0 unspecified atom stereocenters. The number of urea groups is 1. The van der Waals surface area contributed by atoms with Crippen molar-refractivity contribution >= 4 is 22.5 Å². The molecular formula is C17H17F3N4O2S. The van der Waals surface area contributed by atoms with Gasteiger partial charge < -0.3 is 10.0 Å². The van der Waals surface area contributed by atoms with Crippen molar-refractivity contribution in [3.8, 4) is 0 Å². The molecule has 1 aliphatic carbocycles. The first kappa shape index (κ1) is 18.2. The van der Waals surface area contributed by atoms with Crippen molar-refractivity contribution in [2.24, 2.45) is 0 Å². The number of hydrogen-bond donors (Lipinski definition) is 2. The molecule has 1 saturated heterocycles. The van der Waals surface area contributed by atoms with Crippen molar-refractivity contribution in [3.05, 3.63) is 40.4 Å². The van der Waals surface area contributed by atoms with E-state index in [2.05, 4.69) is 15.5 Å². The largest absolute Gasteiger partial charge is 0.416 e. The summed E-state index contributed by atoms with van der Waals surface area (Å²) in [7, 11) is 0. The summed E-state index contributed by atoms with van der Waals surface area (Å²) in [6.07, 6.45) is -2.72. The minimum Gasteiger partial charge on any atom is -0.391 e. The summed E-state index contributed by atoms with van der Waals surface area (Å²) in [6.45, 7) is 0.103. The molecule has 1 aliphatic heterocycles. The number of carbonyl (C=O) groups is 1. The van der Waals surface area contributed by atoms with Crippen LogP contribution in [0.3, 0.4) is 0 Å². The predicted octanol–water partition coefficient (Wildman–Crippen LogP) is 3.77. The Hall–Kier alpha value is -2.20. The van der Waals surface area contributed by atoms with E-state index in [-0.39, 0.29) is 13.0 Å². The number of nitrogens with zero attached hydrogens (tertiary/aromatic N) is 3. The van der Waals surface area contributed by atoms with Crippen LogP contribution < -0.4 is 5.32 Å². The monoisotopic (exact) mass is 398 g/mol. The van der Waals surface area contributed by atoms with Crippen LogP contribution in [0.2, 0.25) is 0 Å². The molecule has 6 nitrogen and oxygen atoms in total. The number of carbonyl (C=O) groups excluding carboxylic acids is 1. The fourth-order valence-electron chi connectivity index (χ4n) is 3.19. The van der Waals surface area contributed by atoms with E-state index in [0.717, 1.165) is 30.0 Å². The molecular weight excluding hydrogens is 381 g/mol. The van der Waals surface area contributed by atoms with Gasteiger partial charge in [0.2, 0.25) is 5.13 Å². The topological polar surface area (TPSA) is 78.4 Å². The van der Waals surface area contributed by atoms with Gasteiger partial charge in [-0.25, -0.2) is 4.79 Å². The maximum Gasteiger partial charge on any atom is 0.416 e. The second-order valence-electron chi connectivity index (χ2n) is 6.83. The molecule has 2 fully saturated rings. The quantitative estimate of drug-likeness (QED) is 0.825. The number of anilines is 1. The lowest BCUT2D eigenvalue weighted by atomic mass is 10.0. The van der Waals surface area contributed by atoms with Crippen LogP contribution in [0.25, 0.3) is 0 Å². The minimum absolute atomic E-state index is 0.103. The number of amides is 2. The average molecular weight is 398 g/mol. The Balaban J connectivity index is 1.49. The molecule has 144 valence electrons. The molecule has 2 N–H and O–H groups in total. The lowest BCUT2D eigenvalue weighted by molar-refractivity contribution is -0.137. The third-order valence-electron chi connectivity index (χ3n) is 4.74. The first-order valence-electron chi connectivity index (χ1n) is 8.57. The average Bonchev–Trinajstić information content (AvgIpc) is 3.24. The highest BCUT2D eigenvalue weighted by molar-refractivity contribution is 7.15. The maximum absolute atomic E-state index is 12.7. The fourth-order valence-corrected chi connectivity index (χ4v) is 4.09. The molecule has 2 heterocycles. The number of nitrogens with one attached hydrogen (secondary N) is 1. The number of β-amino-alcohol motifs (C(OH)–C–C–N with tert-alkyl or cyclic N) is 1. The van der Waals surface area contributed by atoms with E-state index in [4.69, 9.17) is 0 Å². The van der Waals surface area contributed by atoms with E-state index in [0.29, 0.717) is 16.6 Å². The van der Waals surface area contributed by atoms with Crippen LogP contribution in [-0.2, 0) is 6.18 Å². The van der Waals surface area contributed by atoms with Crippen LogP contribution in [0.1, 0.15) is 47.4 Å². The highest BCUT2D eigenvalue weighted by Crippen LogP contribution is 2.42. The Morgan fingerprint density at radius 1 is 1.22 bits per heavy atom. The van der Waals surface area contributed by atoms with Crippen molar-refractivity contribution in [2.75, 3.05) is 11.9 Å². The number of aliphatic hydroxyl groups is 1. The third-order valence-corrected chi connectivity index (χ3v) is 5.74. The van der Waals surface area contributed by atoms with Crippen LogP contribution >= 0.6 is 11.3 Å². The Kier molecular flexibility index (Phi) is 4.55. The van der Waals surface area contributed by atoms with Gasteiger partial charge in [0.05, 0.1) is 17.7 Å². The van der Waals surface area contributed by atoms with Crippen molar-refractivity contribution in [2.45, 2.75) is 43.5 Å². The summed E-state index contributed by atoms with van der Waals surface area (Å²) in [5.41, 5.74) is -0.201. The number of alkyl halides is 3. The van der Waals surface area contributed by atoms with Gasteiger partial charge >= 0.3 is 12.2 Å². The van der Waals surface area contributed by atoms with Gasteiger partial charge in [-0.05, 0) is 37.0 Å². The lowest BCUT2D eigenvalue weighted by Crippen LogP contribution is -2.35. The van der Waals surface area contributed by atoms with Gasteiger partial charge in [-0.15, -0.1) is 10.2 Å². The number of benzene rings is 1. The van der Waals surface area contributed by atoms with Gasteiger partial charge in [0.1, 0.15) is 5.01 Å². The Bertz CT molecular complexity index is 835. The second-order valence-corrected chi connectivity index (χ2v) is 7.84. The van der Waals surface area contributed by atoms with Gasteiger partial charge in [-0.2, -0.15) is 13.2 Å². The Labute approximate surface area is 157 Å². The van der Waals surface area contributed by atoms with E-state index in [1.165, 1.54) is 28.4 Å². The van der Waals surface area contributed by atoms with Crippen molar-refractivity contribution < 1.29 is 23.1 Å². The molecule has 2 aliphatic rings. The first-order chi connectivity index (χ1) is 12.8. The normalized spacial score (nSPS) is 22.9. The lowest BCUT2D eigenvalue weighted by Gasteiger charge is -2.24. The summed E-state index contributed by atoms with van der Waals surface area (Å²) in [5.74, 6) is 0.432. The third kappa shape index (κ3) is 3.91.